The molecule has 4 rings (SSSR count). The molecule has 7 nitrogen and oxygen atoms in total. The van der Waals surface area contributed by atoms with E-state index in [1.165, 1.54) is 0 Å². The van der Waals surface area contributed by atoms with Crippen LogP contribution in [0.4, 0.5) is 0 Å². The second kappa shape index (κ2) is 6.42. The number of nitrogens with zero attached hydrogens (tertiary/aromatic N) is 4. The molecule has 0 aromatic carbocycles. The lowest BCUT2D eigenvalue weighted by Crippen LogP contribution is -2.49. The molecule has 0 radical (unpaired) electrons. The van der Waals surface area contributed by atoms with Gasteiger partial charge >= 0.3 is 0 Å². The summed E-state index contributed by atoms with van der Waals surface area (Å²) in [5.74, 6) is 2.27. The number of hydrogen-bond acceptors (Lipinski definition) is 5. The van der Waals surface area contributed by atoms with Gasteiger partial charge in [-0.15, -0.1) is 11.8 Å². The molecule has 0 saturated carbocycles. The minimum absolute atomic E-state index is 0.0828. The fourth-order valence-corrected chi connectivity index (χ4v) is 5.08. The highest BCUT2D eigenvalue weighted by atomic mass is 32.2. The number of carbonyl (C=O) groups is 2. The molecule has 136 valence electrons. The number of thioether (sulfide) groups is 1. The summed E-state index contributed by atoms with van der Waals surface area (Å²) in [7, 11) is 0. The van der Waals surface area contributed by atoms with Crippen molar-refractivity contribution in [3.8, 4) is 5.82 Å². The second-order valence-corrected chi connectivity index (χ2v) is 8.35. The highest BCUT2D eigenvalue weighted by Crippen LogP contribution is 2.47. The van der Waals surface area contributed by atoms with E-state index in [-0.39, 0.29) is 22.7 Å². The average molecular weight is 371 g/mol. The number of pyridine rings is 1. The minimum Gasteiger partial charge on any atom is -0.350 e. The molecule has 0 aliphatic carbocycles. The Bertz CT molecular complexity index is 867. The van der Waals surface area contributed by atoms with E-state index in [0.29, 0.717) is 18.7 Å². The van der Waals surface area contributed by atoms with E-state index in [2.05, 4.69) is 22.2 Å². The zero-order chi connectivity index (χ0) is 18.3. The monoisotopic (exact) mass is 371 g/mol. The van der Waals surface area contributed by atoms with Gasteiger partial charge in [0.1, 0.15) is 17.7 Å². The van der Waals surface area contributed by atoms with Crippen LogP contribution in [0, 0.1) is 6.92 Å². The van der Waals surface area contributed by atoms with Crippen molar-refractivity contribution >= 4 is 23.6 Å². The number of carbonyl (C=O) groups excluding carboxylic acids is 2. The summed E-state index contributed by atoms with van der Waals surface area (Å²) in [6.07, 6.45) is 6.66. The fraction of sp³-hybridized carbons (Fsp3) is 0.444. The Kier molecular flexibility index (Phi) is 4.22. The SMILES string of the molecule is Cc1nccn1-c1cc(CNC(=O)[C@@H]2CS[C@@]3(C)CCC(=O)N23)ccn1. The Balaban J connectivity index is 1.44. The molecule has 2 atom stereocenters. The molecule has 2 fully saturated rings. The summed E-state index contributed by atoms with van der Waals surface area (Å²) in [4.78, 5) is 35.0. The van der Waals surface area contributed by atoms with Crippen molar-refractivity contribution in [1.29, 1.82) is 0 Å². The van der Waals surface area contributed by atoms with E-state index in [0.717, 1.165) is 23.6 Å². The van der Waals surface area contributed by atoms with Crippen molar-refractivity contribution in [2.75, 3.05) is 5.75 Å². The first-order valence-corrected chi connectivity index (χ1v) is 9.65. The van der Waals surface area contributed by atoms with E-state index in [9.17, 15) is 9.59 Å². The molecule has 4 heterocycles. The summed E-state index contributed by atoms with van der Waals surface area (Å²) in [5, 5.41) is 2.98. The zero-order valence-electron chi connectivity index (χ0n) is 14.8. The van der Waals surface area contributed by atoms with Gasteiger partial charge in [0.15, 0.2) is 0 Å². The summed E-state index contributed by atoms with van der Waals surface area (Å²) in [6.45, 7) is 4.37. The van der Waals surface area contributed by atoms with Crippen LogP contribution in [-0.2, 0) is 16.1 Å². The largest absolute Gasteiger partial charge is 0.350 e. The van der Waals surface area contributed by atoms with E-state index in [1.54, 1.807) is 29.1 Å². The molecule has 8 heteroatoms. The van der Waals surface area contributed by atoms with Crippen LogP contribution >= 0.6 is 11.8 Å². The van der Waals surface area contributed by atoms with E-state index in [4.69, 9.17) is 0 Å². The molecule has 2 aromatic rings. The van der Waals surface area contributed by atoms with Gasteiger partial charge < -0.3 is 10.2 Å². The molecule has 0 unspecified atom stereocenters. The predicted octanol–water partition coefficient (Wildman–Crippen LogP) is 1.65. The number of aryl methyl sites for hydroxylation is 1. The average Bonchev–Trinajstić information content (AvgIpc) is 3.29. The van der Waals surface area contributed by atoms with Crippen molar-refractivity contribution < 1.29 is 9.59 Å². The Labute approximate surface area is 156 Å². The highest BCUT2D eigenvalue weighted by Gasteiger charge is 2.52. The highest BCUT2D eigenvalue weighted by molar-refractivity contribution is 8.01. The molecule has 2 aliphatic heterocycles. The summed E-state index contributed by atoms with van der Waals surface area (Å²) in [5.41, 5.74) is 0.956. The van der Waals surface area contributed by atoms with Gasteiger partial charge in [0.05, 0.1) is 4.87 Å². The molecule has 2 saturated heterocycles. The molecular weight excluding hydrogens is 350 g/mol. The smallest absolute Gasteiger partial charge is 0.243 e. The van der Waals surface area contributed by atoms with Gasteiger partial charge in [0, 0.05) is 37.3 Å². The van der Waals surface area contributed by atoms with Gasteiger partial charge in [0.25, 0.3) is 0 Å². The molecular formula is C18H21N5O2S. The van der Waals surface area contributed by atoms with Gasteiger partial charge in [0.2, 0.25) is 11.8 Å². The molecule has 0 spiro atoms. The topological polar surface area (TPSA) is 80.1 Å². The van der Waals surface area contributed by atoms with E-state index in [1.807, 2.05) is 29.8 Å². The van der Waals surface area contributed by atoms with Crippen molar-refractivity contribution in [3.05, 3.63) is 42.1 Å². The van der Waals surface area contributed by atoms with Crippen LogP contribution in [0.5, 0.6) is 0 Å². The molecule has 26 heavy (non-hydrogen) atoms. The first-order valence-electron chi connectivity index (χ1n) is 8.67. The standard InChI is InChI=1S/C18H21N5O2S/c1-12-19-7-8-22(12)15-9-13(4-6-20-15)10-21-17(25)14-11-26-18(2)5-3-16(24)23(14)18/h4,6-9,14H,3,5,10-11H2,1-2H3,(H,21,25)/t14-,18-/m0/s1. The summed E-state index contributed by atoms with van der Waals surface area (Å²) >= 11 is 1.70. The van der Waals surface area contributed by atoms with Gasteiger partial charge in [-0.05, 0) is 38.0 Å². The normalized spacial score (nSPS) is 24.8. The predicted molar refractivity (Wildman–Crippen MR) is 98.7 cm³/mol. The number of imidazole rings is 1. The maximum atomic E-state index is 12.7. The minimum atomic E-state index is -0.378. The van der Waals surface area contributed by atoms with E-state index < -0.39 is 0 Å². The maximum Gasteiger partial charge on any atom is 0.243 e. The Morgan fingerprint density at radius 2 is 2.27 bits per heavy atom. The Morgan fingerprint density at radius 1 is 1.42 bits per heavy atom. The number of fused-ring (bicyclic) bond motifs is 1. The number of amides is 2. The van der Waals surface area contributed by atoms with E-state index >= 15 is 0 Å². The first-order chi connectivity index (χ1) is 12.5. The fourth-order valence-electron chi connectivity index (χ4n) is 3.64. The van der Waals surface area contributed by atoms with Gasteiger partial charge in [-0.3, -0.25) is 14.2 Å². The van der Waals surface area contributed by atoms with Crippen LogP contribution in [0.1, 0.15) is 31.2 Å². The molecule has 0 bridgehead atoms. The Hall–Kier alpha value is -2.35. The number of aromatic nitrogens is 3. The Morgan fingerprint density at radius 3 is 3.04 bits per heavy atom. The maximum absolute atomic E-state index is 12.7. The van der Waals surface area contributed by atoms with Crippen molar-refractivity contribution in [1.82, 2.24) is 24.8 Å². The molecule has 2 aromatic heterocycles. The summed E-state index contributed by atoms with van der Waals surface area (Å²) in [6, 6.07) is 3.44. The van der Waals surface area contributed by atoms with Crippen LogP contribution in [0.3, 0.4) is 0 Å². The van der Waals surface area contributed by atoms with Crippen molar-refractivity contribution in [2.45, 2.75) is 44.1 Å². The number of rotatable bonds is 4. The second-order valence-electron chi connectivity index (χ2n) is 6.85. The zero-order valence-corrected chi connectivity index (χ0v) is 15.6. The molecule has 1 N–H and O–H groups in total. The van der Waals surface area contributed by atoms with Crippen LogP contribution in [0.15, 0.2) is 30.7 Å². The summed E-state index contributed by atoms with van der Waals surface area (Å²) < 4.78 is 1.90. The third-order valence-electron chi connectivity index (χ3n) is 5.10. The van der Waals surface area contributed by atoms with Crippen molar-refractivity contribution in [2.24, 2.45) is 0 Å². The third kappa shape index (κ3) is 2.88. The van der Waals surface area contributed by atoms with Crippen LogP contribution < -0.4 is 5.32 Å². The van der Waals surface area contributed by atoms with Crippen LogP contribution in [-0.4, -0.2) is 47.9 Å². The van der Waals surface area contributed by atoms with Gasteiger partial charge in [-0.1, -0.05) is 0 Å². The lowest BCUT2D eigenvalue weighted by Gasteiger charge is -2.29. The quantitative estimate of drug-likeness (QED) is 0.884. The van der Waals surface area contributed by atoms with Crippen molar-refractivity contribution in [3.63, 3.8) is 0 Å². The third-order valence-corrected chi connectivity index (χ3v) is 6.60. The molecule has 2 amide bonds. The number of nitrogens with one attached hydrogen (secondary N) is 1. The van der Waals surface area contributed by atoms with Crippen LogP contribution in [0.2, 0.25) is 0 Å². The van der Waals surface area contributed by atoms with Crippen LogP contribution in [0.25, 0.3) is 5.82 Å². The lowest BCUT2D eigenvalue weighted by molar-refractivity contribution is -0.138. The molecule has 2 aliphatic rings. The lowest BCUT2D eigenvalue weighted by atomic mass is 10.2. The number of hydrogen-bond donors (Lipinski definition) is 1. The van der Waals surface area contributed by atoms with Gasteiger partial charge in [-0.25, -0.2) is 9.97 Å². The first kappa shape index (κ1) is 17.1. The van der Waals surface area contributed by atoms with Gasteiger partial charge in [-0.2, -0.15) is 0 Å².